The summed E-state index contributed by atoms with van der Waals surface area (Å²) in [5, 5.41) is 12.1. The molecule has 0 aliphatic rings. The molecule has 64 valence electrons. The molecule has 13 heavy (non-hydrogen) atoms. The molecule has 4 nitrogen and oxygen atoms in total. The third kappa shape index (κ3) is 2.22. The summed E-state index contributed by atoms with van der Waals surface area (Å²) in [4.78, 5) is 2.71. The zero-order valence-electron chi connectivity index (χ0n) is 7.18. The fourth-order valence-electron chi connectivity index (χ4n) is 0.980. The van der Waals surface area contributed by atoms with Crippen molar-refractivity contribution in [1.82, 2.24) is 0 Å². The Labute approximate surface area is 76.1 Å². The van der Waals surface area contributed by atoms with E-state index in [9.17, 15) is 0 Å². The quantitative estimate of drug-likeness (QED) is 0.384. The molecule has 0 spiro atoms. The topological polar surface area (TPSA) is 72.6 Å². The van der Waals surface area contributed by atoms with E-state index < -0.39 is 0 Å². The second kappa shape index (κ2) is 4.15. The Morgan fingerprint density at radius 3 is 2.54 bits per heavy atom. The van der Waals surface area contributed by atoms with Gasteiger partial charge in [0.1, 0.15) is 0 Å². The maximum absolute atomic E-state index is 8.54. The fourth-order valence-corrected chi connectivity index (χ4v) is 0.980. The summed E-state index contributed by atoms with van der Waals surface area (Å²) in [5.41, 5.74) is 9.73. The molecule has 1 atom stereocenters. The molecular weight excluding hydrogens is 164 g/mol. The summed E-state index contributed by atoms with van der Waals surface area (Å²) in [6, 6.07) is 8.83. The lowest BCUT2D eigenvalue weighted by Gasteiger charge is -2.03. The van der Waals surface area contributed by atoms with Gasteiger partial charge in [-0.3, -0.25) is 0 Å². The van der Waals surface area contributed by atoms with Gasteiger partial charge in [-0.15, -0.1) is 0 Å². The Bertz CT molecular complexity index is 368. The standard InChI is InChI=1S/C9H8N4/c1-7(12-13-11)9-4-2-8(6-10)3-5-9/h2-5,7H,1H3/t7-/m1/s1. The molecule has 1 aromatic rings. The van der Waals surface area contributed by atoms with Gasteiger partial charge in [0.05, 0.1) is 17.7 Å². The number of hydrogen-bond donors (Lipinski definition) is 0. The first-order valence-electron chi connectivity index (χ1n) is 3.82. The maximum atomic E-state index is 8.54. The minimum absolute atomic E-state index is 0.183. The molecule has 0 fully saturated rings. The minimum Gasteiger partial charge on any atom is -0.192 e. The third-order valence-electron chi connectivity index (χ3n) is 1.75. The summed E-state index contributed by atoms with van der Waals surface area (Å²) < 4.78 is 0. The van der Waals surface area contributed by atoms with Crippen LogP contribution in [0.3, 0.4) is 0 Å². The van der Waals surface area contributed by atoms with Gasteiger partial charge in [-0.1, -0.05) is 24.2 Å². The average molecular weight is 172 g/mol. The molecule has 0 amide bonds. The number of nitriles is 1. The SMILES string of the molecule is C[C@@H](N=[N+]=[N-])c1ccc(C#N)cc1. The van der Waals surface area contributed by atoms with Crippen molar-refractivity contribution < 1.29 is 0 Å². The van der Waals surface area contributed by atoms with Gasteiger partial charge in [0.15, 0.2) is 0 Å². The van der Waals surface area contributed by atoms with Crippen molar-refractivity contribution in [2.24, 2.45) is 5.11 Å². The number of nitrogens with zero attached hydrogens (tertiary/aromatic N) is 4. The van der Waals surface area contributed by atoms with Gasteiger partial charge in [-0.2, -0.15) is 5.26 Å². The second-order valence-electron chi connectivity index (χ2n) is 2.61. The average Bonchev–Trinajstić information content (AvgIpc) is 2.18. The van der Waals surface area contributed by atoms with Crippen molar-refractivity contribution in [2.75, 3.05) is 0 Å². The van der Waals surface area contributed by atoms with Crippen molar-refractivity contribution in [3.05, 3.63) is 45.8 Å². The molecule has 0 aliphatic carbocycles. The molecule has 0 bridgehead atoms. The Balaban J connectivity index is 2.93. The van der Waals surface area contributed by atoms with Crippen molar-refractivity contribution >= 4 is 0 Å². The minimum atomic E-state index is -0.183. The summed E-state index contributed by atoms with van der Waals surface area (Å²) in [6.45, 7) is 1.81. The van der Waals surface area contributed by atoms with Crippen LogP contribution in [-0.2, 0) is 0 Å². The molecule has 1 aromatic carbocycles. The zero-order chi connectivity index (χ0) is 9.68. The first kappa shape index (κ1) is 9.11. The second-order valence-corrected chi connectivity index (χ2v) is 2.61. The summed E-state index contributed by atoms with van der Waals surface area (Å²) in [7, 11) is 0. The summed E-state index contributed by atoms with van der Waals surface area (Å²) in [5.74, 6) is 0. The van der Waals surface area contributed by atoms with Crippen LogP contribution < -0.4 is 0 Å². The van der Waals surface area contributed by atoms with E-state index in [0.29, 0.717) is 5.56 Å². The highest BCUT2D eigenvalue weighted by Crippen LogP contribution is 2.16. The van der Waals surface area contributed by atoms with Crippen LogP contribution in [0.2, 0.25) is 0 Å². The van der Waals surface area contributed by atoms with Crippen molar-refractivity contribution in [1.29, 1.82) is 5.26 Å². The Kier molecular flexibility index (Phi) is 2.91. The van der Waals surface area contributed by atoms with Crippen LogP contribution >= 0.6 is 0 Å². The lowest BCUT2D eigenvalue weighted by molar-refractivity contribution is 0.807. The third-order valence-corrected chi connectivity index (χ3v) is 1.75. The molecule has 4 heteroatoms. The first-order chi connectivity index (χ1) is 6.27. The highest BCUT2D eigenvalue weighted by atomic mass is 15.1. The fraction of sp³-hybridized carbons (Fsp3) is 0.222. The molecule has 0 aliphatic heterocycles. The van der Waals surface area contributed by atoms with Gasteiger partial charge < -0.3 is 0 Å². The van der Waals surface area contributed by atoms with Crippen LogP contribution in [-0.4, -0.2) is 0 Å². The van der Waals surface area contributed by atoms with E-state index in [2.05, 4.69) is 10.0 Å². The maximum Gasteiger partial charge on any atom is 0.0991 e. The van der Waals surface area contributed by atoms with Crippen molar-refractivity contribution in [3.63, 3.8) is 0 Å². The van der Waals surface area contributed by atoms with Crippen LogP contribution in [0, 0.1) is 11.3 Å². The van der Waals surface area contributed by atoms with Gasteiger partial charge in [0, 0.05) is 4.91 Å². The number of rotatable bonds is 2. The lowest BCUT2D eigenvalue weighted by Crippen LogP contribution is -1.87. The predicted molar refractivity (Wildman–Crippen MR) is 48.7 cm³/mol. The molecule has 0 saturated heterocycles. The smallest absolute Gasteiger partial charge is 0.0991 e. The van der Waals surface area contributed by atoms with Crippen LogP contribution in [0.15, 0.2) is 29.4 Å². The Morgan fingerprint density at radius 1 is 1.46 bits per heavy atom. The number of hydrogen-bond acceptors (Lipinski definition) is 2. The van der Waals surface area contributed by atoms with Crippen molar-refractivity contribution in [3.8, 4) is 6.07 Å². The largest absolute Gasteiger partial charge is 0.192 e. The monoisotopic (exact) mass is 172 g/mol. The summed E-state index contributed by atoms with van der Waals surface area (Å²) in [6.07, 6.45) is 0. The molecule has 0 saturated carbocycles. The van der Waals surface area contributed by atoms with Crippen molar-refractivity contribution in [2.45, 2.75) is 13.0 Å². The lowest BCUT2D eigenvalue weighted by atomic mass is 10.1. The number of azide groups is 1. The van der Waals surface area contributed by atoms with Gasteiger partial charge >= 0.3 is 0 Å². The van der Waals surface area contributed by atoms with E-state index in [0.717, 1.165) is 5.56 Å². The molecule has 0 unspecified atom stereocenters. The zero-order valence-corrected chi connectivity index (χ0v) is 7.18. The Hall–Kier alpha value is -1.98. The summed E-state index contributed by atoms with van der Waals surface area (Å²) >= 11 is 0. The first-order valence-corrected chi connectivity index (χ1v) is 3.82. The van der Waals surface area contributed by atoms with E-state index in [-0.39, 0.29) is 6.04 Å². The van der Waals surface area contributed by atoms with E-state index in [1.165, 1.54) is 0 Å². The van der Waals surface area contributed by atoms with E-state index in [1.54, 1.807) is 31.2 Å². The van der Waals surface area contributed by atoms with Crippen LogP contribution in [0.4, 0.5) is 0 Å². The molecule has 0 heterocycles. The number of benzene rings is 1. The highest BCUT2D eigenvalue weighted by Gasteiger charge is 2.01. The van der Waals surface area contributed by atoms with E-state index >= 15 is 0 Å². The van der Waals surface area contributed by atoms with E-state index in [4.69, 9.17) is 10.8 Å². The Morgan fingerprint density at radius 2 is 2.08 bits per heavy atom. The van der Waals surface area contributed by atoms with Gasteiger partial charge in [0.2, 0.25) is 0 Å². The van der Waals surface area contributed by atoms with Crippen LogP contribution in [0.25, 0.3) is 10.4 Å². The normalized spacial score (nSPS) is 11.1. The molecular formula is C9H8N4. The van der Waals surface area contributed by atoms with Crippen LogP contribution in [0.1, 0.15) is 24.1 Å². The molecule has 0 N–H and O–H groups in total. The van der Waals surface area contributed by atoms with Gasteiger partial charge in [-0.05, 0) is 23.2 Å². The molecule has 1 rings (SSSR count). The van der Waals surface area contributed by atoms with Gasteiger partial charge in [-0.25, -0.2) is 0 Å². The molecule has 0 radical (unpaired) electrons. The van der Waals surface area contributed by atoms with Gasteiger partial charge in [0.25, 0.3) is 0 Å². The van der Waals surface area contributed by atoms with Crippen LogP contribution in [0.5, 0.6) is 0 Å². The predicted octanol–water partition coefficient (Wildman–Crippen LogP) is 2.93. The highest BCUT2D eigenvalue weighted by molar-refractivity contribution is 5.32. The molecule has 0 aromatic heterocycles. The van der Waals surface area contributed by atoms with E-state index in [1.807, 2.05) is 6.07 Å².